The molecule has 0 radical (unpaired) electrons. The van der Waals surface area contributed by atoms with E-state index >= 15 is 0 Å². The molecule has 0 atom stereocenters. The summed E-state index contributed by atoms with van der Waals surface area (Å²) in [5.74, 6) is 0. The van der Waals surface area contributed by atoms with Crippen LogP contribution in [0, 0.1) is 0 Å². The van der Waals surface area contributed by atoms with Crippen molar-refractivity contribution < 1.29 is 0 Å². The Kier molecular flexibility index (Phi) is 4.90. The Morgan fingerprint density at radius 2 is 1.79 bits per heavy atom. The van der Waals surface area contributed by atoms with E-state index in [-0.39, 0.29) is 0 Å². The fourth-order valence-corrected chi connectivity index (χ4v) is 1.22. The lowest BCUT2D eigenvalue weighted by Gasteiger charge is -1.97. The highest BCUT2D eigenvalue weighted by molar-refractivity contribution is 7.78. The van der Waals surface area contributed by atoms with E-state index in [1.165, 1.54) is 5.56 Å². The van der Waals surface area contributed by atoms with Crippen molar-refractivity contribution in [1.29, 1.82) is 0 Å². The van der Waals surface area contributed by atoms with Crippen LogP contribution in [0.1, 0.15) is 5.56 Å². The second kappa shape index (κ2) is 6.30. The Morgan fingerprint density at radius 3 is 2.36 bits per heavy atom. The molecule has 1 aromatic rings. The summed E-state index contributed by atoms with van der Waals surface area (Å²) in [6.45, 7) is 0.680. The van der Waals surface area contributed by atoms with Crippen molar-refractivity contribution in [3.63, 3.8) is 0 Å². The molecule has 2 nitrogen and oxygen atoms in total. The zero-order valence-electron chi connectivity index (χ0n) is 7.43. The van der Waals surface area contributed by atoms with Crippen molar-refractivity contribution in [2.24, 2.45) is 9.98 Å². The maximum Gasteiger partial charge on any atom is 0.0739 e. The Labute approximate surface area is 93.4 Å². The van der Waals surface area contributed by atoms with Crippen LogP contribution in [-0.4, -0.2) is 16.9 Å². The summed E-state index contributed by atoms with van der Waals surface area (Å²) in [6, 6.07) is 7.78. The minimum Gasteiger partial charge on any atom is -0.232 e. The molecule has 0 saturated carbocycles. The van der Waals surface area contributed by atoms with Crippen molar-refractivity contribution in [3.05, 3.63) is 29.8 Å². The van der Waals surface area contributed by atoms with Crippen LogP contribution >= 0.6 is 24.4 Å². The minimum absolute atomic E-state index is 0.680. The van der Waals surface area contributed by atoms with Gasteiger partial charge in [-0.25, -0.2) is 4.99 Å². The van der Waals surface area contributed by atoms with E-state index in [2.05, 4.69) is 44.7 Å². The molecule has 0 heterocycles. The molecule has 0 aliphatic heterocycles. The molecule has 4 heteroatoms. The molecule has 70 valence electrons. The van der Waals surface area contributed by atoms with Gasteiger partial charge >= 0.3 is 0 Å². The number of hydrogen-bond donors (Lipinski definition) is 0. The van der Waals surface area contributed by atoms with Gasteiger partial charge in [-0.05, 0) is 48.6 Å². The molecule has 0 fully saturated rings. The summed E-state index contributed by atoms with van der Waals surface area (Å²) < 4.78 is 0. The van der Waals surface area contributed by atoms with Crippen molar-refractivity contribution in [1.82, 2.24) is 0 Å². The monoisotopic (exact) mass is 220 g/mol. The lowest BCUT2D eigenvalue weighted by molar-refractivity contribution is 0.976. The molecule has 0 aromatic heterocycles. The van der Waals surface area contributed by atoms with Crippen molar-refractivity contribution in [3.8, 4) is 0 Å². The van der Waals surface area contributed by atoms with E-state index < -0.39 is 0 Å². The third-order valence-electron chi connectivity index (χ3n) is 1.69. The van der Waals surface area contributed by atoms with Crippen LogP contribution in [0.25, 0.3) is 0 Å². The second-order valence-corrected chi connectivity index (χ2v) is 2.96. The molecular formula is C10H8N2S2. The van der Waals surface area contributed by atoms with Gasteiger partial charge in [0.15, 0.2) is 0 Å². The Bertz CT molecular complexity index is 385. The van der Waals surface area contributed by atoms with E-state index in [0.29, 0.717) is 6.54 Å². The highest BCUT2D eigenvalue weighted by atomic mass is 32.1. The normalized spacial score (nSPS) is 8.57. The summed E-state index contributed by atoms with van der Waals surface area (Å²) >= 11 is 8.97. The lowest BCUT2D eigenvalue weighted by Crippen LogP contribution is -1.87. The number of thiocarbonyl (C=S) groups is 2. The summed E-state index contributed by atoms with van der Waals surface area (Å²) in [5.41, 5.74) is 2.02. The molecule has 0 spiro atoms. The first kappa shape index (κ1) is 10.9. The van der Waals surface area contributed by atoms with Gasteiger partial charge in [0.05, 0.1) is 22.6 Å². The second-order valence-electron chi connectivity index (χ2n) is 2.59. The van der Waals surface area contributed by atoms with Gasteiger partial charge in [-0.2, -0.15) is 4.99 Å². The molecular weight excluding hydrogens is 212 g/mol. The fraction of sp³-hybridized carbons (Fsp3) is 0.200. The standard InChI is InChI=1S/C10H8N2S2/c13-7-11-6-5-9-1-3-10(4-2-9)12-8-14/h1-4H,5-6H2. The van der Waals surface area contributed by atoms with Crippen LogP contribution in [0.15, 0.2) is 34.3 Å². The first-order chi connectivity index (χ1) is 6.86. The van der Waals surface area contributed by atoms with E-state index in [4.69, 9.17) is 0 Å². The van der Waals surface area contributed by atoms with E-state index in [1.54, 1.807) is 0 Å². The summed E-state index contributed by atoms with van der Waals surface area (Å²) in [5, 5.41) is 4.66. The molecule has 0 aliphatic carbocycles. The minimum atomic E-state index is 0.680. The Morgan fingerprint density at radius 1 is 1.07 bits per heavy atom. The molecule has 0 unspecified atom stereocenters. The number of benzene rings is 1. The number of aliphatic imine (C=N–C) groups is 2. The molecule has 0 saturated heterocycles. The van der Waals surface area contributed by atoms with Crippen LogP contribution in [0.3, 0.4) is 0 Å². The molecule has 0 bridgehead atoms. The van der Waals surface area contributed by atoms with Gasteiger partial charge in [0.2, 0.25) is 0 Å². The average Bonchev–Trinajstić information content (AvgIpc) is 2.21. The Balaban J connectivity index is 2.63. The van der Waals surface area contributed by atoms with Gasteiger partial charge < -0.3 is 0 Å². The third kappa shape index (κ3) is 3.69. The van der Waals surface area contributed by atoms with Crippen LogP contribution in [0.5, 0.6) is 0 Å². The van der Waals surface area contributed by atoms with E-state index in [1.807, 2.05) is 24.3 Å². The van der Waals surface area contributed by atoms with Gasteiger partial charge in [-0.1, -0.05) is 12.1 Å². The molecule has 1 aromatic carbocycles. The van der Waals surface area contributed by atoms with E-state index in [0.717, 1.165) is 12.1 Å². The average molecular weight is 220 g/mol. The first-order valence-corrected chi connectivity index (χ1v) is 4.89. The van der Waals surface area contributed by atoms with Crippen LogP contribution < -0.4 is 0 Å². The fourth-order valence-electron chi connectivity index (χ4n) is 1.02. The maximum absolute atomic E-state index is 4.50. The smallest absolute Gasteiger partial charge is 0.0739 e. The molecule has 1 rings (SSSR count). The topological polar surface area (TPSA) is 24.7 Å². The third-order valence-corrected chi connectivity index (χ3v) is 1.91. The first-order valence-electron chi connectivity index (χ1n) is 4.07. The van der Waals surface area contributed by atoms with Crippen LogP contribution in [0.4, 0.5) is 5.69 Å². The summed E-state index contributed by atoms with van der Waals surface area (Å²) in [7, 11) is 0. The number of rotatable bonds is 4. The zero-order chi connectivity index (χ0) is 10.2. The van der Waals surface area contributed by atoms with Gasteiger partial charge in [-0.15, -0.1) is 0 Å². The van der Waals surface area contributed by atoms with Gasteiger partial charge in [0.25, 0.3) is 0 Å². The zero-order valence-corrected chi connectivity index (χ0v) is 9.07. The van der Waals surface area contributed by atoms with Gasteiger partial charge in [0, 0.05) is 0 Å². The molecule has 0 N–H and O–H groups in total. The van der Waals surface area contributed by atoms with E-state index in [9.17, 15) is 0 Å². The summed E-state index contributed by atoms with van der Waals surface area (Å²) in [6.07, 6.45) is 0.866. The number of isothiocyanates is 2. The highest BCUT2D eigenvalue weighted by Gasteiger charge is 1.92. The van der Waals surface area contributed by atoms with Crippen molar-refractivity contribution in [2.75, 3.05) is 6.54 Å². The summed E-state index contributed by atoms with van der Waals surface area (Å²) in [4.78, 5) is 7.69. The van der Waals surface area contributed by atoms with Gasteiger partial charge in [-0.3, -0.25) is 0 Å². The van der Waals surface area contributed by atoms with Crippen molar-refractivity contribution >= 4 is 40.4 Å². The predicted octanol–water partition coefficient (Wildman–Crippen LogP) is 3.07. The largest absolute Gasteiger partial charge is 0.232 e. The Hall–Kier alpha value is -1.18. The maximum atomic E-state index is 4.50. The lowest BCUT2D eigenvalue weighted by atomic mass is 10.1. The number of nitrogens with zero attached hydrogens (tertiary/aromatic N) is 2. The predicted molar refractivity (Wildman–Crippen MR) is 64.7 cm³/mol. The quantitative estimate of drug-likeness (QED) is 0.575. The highest BCUT2D eigenvalue weighted by Crippen LogP contribution is 2.12. The van der Waals surface area contributed by atoms with Crippen LogP contribution in [-0.2, 0) is 6.42 Å². The molecule has 14 heavy (non-hydrogen) atoms. The number of hydrogen-bond acceptors (Lipinski definition) is 4. The molecule has 0 aliphatic rings. The van der Waals surface area contributed by atoms with Crippen molar-refractivity contribution in [2.45, 2.75) is 6.42 Å². The van der Waals surface area contributed by atoms with Gasteiger partial charge in [0.1, 0.15) is 0 Å². The molecule has 0 amide bonds. The SMILES string of the molecule is S=C=NCCc1ccc(N=C=S)cc1. The van der Waals surface area contributed by atoms with Crippen LogP contribution in [0.2, 0.25) is 0 Å².